The molecule has 0 unspecified atom stereocenters. The Morgan fingerprint density at radius 3 is 2.64 bits per heavy atom. The highest BCUT2D eigenvalue weighted by atomic mass is 35.5. The fourth-order valence-electron chi connectivity index (χ4n) is 2.33. The number of aryl methyl sites for hydroxylation is 1. The molecule has 0 fully saturated rings. The lowest BCUT2D eigenvalue weighted by Crippen LogP contribution is -2.15. The highest BCUT2D eigenvalue weighted by molar-refractivity contribution is 6.30. The van der Waals surface area contributed by atoms with Crippen LogP contribution in [0.2, 0.25) is 5.02 Å². The zero-order valence-electron chi connectivity index (χ0n) is 13.5. The molecule has 2 aromatic carbocycles. The Hall–Kier alpha value is -2.79. The number of esters is 1. The van der Waals surface area contributed by atoms with Crippen molar-refractivity contribution in [3.8, 4) is 5.75 Å². The second-order valence-corrected chi connectivity index (χ2v) is 5.93. The van der Waals surface area contributed by atoms with Gasteiger partial charge in [-0.1, -0.05) is 23.7 Å². The summed E-state index contributed by atoms with van der Waals surface area (Å²) in [5.74, 6) is -0.0221. The first-order chi connectivity index (χ1) is 12.0. The molecule has 128 valence electrons. The van der Waals surface area contributed by atoms with E-state index in [9.17, 15) is 9.59 Å². The Morgan fingerprint density at radius 1 is 1.12 bits per heavy atom. The molecule has 1 aromatic heterocycles. The van der Waals surface area contributed by atoms with Gasteiger partial charge >= 0.3 is 11.6 Å². The van der Waals surface area contributed by atoms with Gasteiger partial charge in [-0.2, -0.15) is 0 Å². The van der Waals surface area contributed by atoms with Crippen LogP contribution >= 0.6 is 11.6 Å². The van der Waals surface area contributed by atoms with Gasteiger partial charge in [0, 0.05) is 22.0 Å². The van der Waals surface area contributed by atoms with Crippen LogP contribution in [0.3, 0.4) is 0 Å². The van der Waals surface area contributed by atoms with Crippen molar-refractivity contribution in [3.05, 3.63) is 75.1 Å². The Kier molecular flexibility index (Phi) is 5.05. The first kappa shape index (κ1) is 17.0. The normalized spacial score (nSPS) is 10.6. The van der Waals surface area contributed by atoms with Gasteiger partial charge in [0.05, 0.1) is 0 Å². The molecule has 0 atom stereocenters. The largest absolute Gasteiger partial charge is 0.482 e. The third-order valence-corrected chi connectivity index (χ3v) is 3.80. The van der Waals surface area contributed by atoms with Gasteiger partial charge in [0.1, 0.15) is 17.9 Å². The summed E-state index contributed by atoms with van der Waals surface area (Å²) in [6, 6.07) is 13.5. The average Bonchev–Trinajstić information content (AvgIpc) is 2.58. The maximum absolute atomic E-state index is 11.9. The molecule has 3 aromatic rings. The molecule has 0 radical (unpaired) electrons. The molecular weight excluding hydrogens is 344 g/mol. The predicted octanol–water partition coefficient (Wildman–Crippen LogP) is 3.88. The number of halogens is 1. The molecule has 0 bridgehead atoms. The van der Waals surface area contributed by atoms with E-state index in [4.69, 9.17) is 25.5 Å². The van der Waals surface area contributed by atoms with Crippen molar-refractivity contribution < 1.29 is 18.7 Å². The van der Waals surface area contributed by atoms with E-state index >= 15 is 0 Å². The second kappa shape index (κ2) is 7.40. The van der Waals surface area contributed by atoms with Gasteiger partial charge in [0.15, 0.2) is 6.61 Å². The minimum absolute atomic E-state index is 0.0338. The van der Waals surface area contributed by atoms with Crippen molar-refractivity contribution in [2.75, 3.05) is 6.61 Å². The van der Waals surface area contributed by atoms with Crippen LogP contribution in [-0.2, 0) is 16.1 Å². The molecule has 0 saturated carbocycles. The van der Waals surface area contributed by atoms with E-state index in [0.29, 0.717) is 21.9 Å². The van der Waals surface area contributed by atoms with Crippen LogP contribution in [0.4, 0.5) is 0 Å². The zero-order chi connectivity index (χ0) is 17.8. The number of hydrogen-bond acceptors (Lipinski definition) is 5. The topological polar surface area (TPSA) is 65.7 Å². The molecule has 25 heavy (non-hydrogen) atoms. The molecule has 0 aliphatic carbocycles. The average molecular weight is 359 g/mol. The highest BCUT2D eigenvalue weighted by Gasteiger charge is 2.10. The quantitative estimate of drug-likeness (QED) is 0.511. The van der Waals surface area contributed by atoms with Crippen LogP contribution in [0, 0.1) is 6.92 Å². The maximum Gasteiger partial charge on any atom is 0.344 e. The molecule has 0 aliphatic heterocycles. The standard InChI is InChI=1S/C19H15ClO5/c1-12-2-7-16-13(9-18(21)25-17(16)8-12)10-24-19(22)11-23-15-5-3-14(20)4-6-15/h2-9H,10-11H2,1H3. The molecule has 0 saturated heterocycles. The third kappa shape index (κ3) is 4.39. The van der Waals surface area contributed by atoms with Crippen LogP contribution in [0.25, 0.3) is 11.0 Å². The monoisotopic (exact) mass is 358 g/mol. The summed E-state index contributed by atoms with van der Waals surface area (Å²) >= 11 is 5.78. The number of hydrogen-bond donors (Lipinski definition) is 0. The van der Waals surface area contributed by atoms with Gasteiger partial charge < -0.3 is 13.9 Å². The van der Waals surface area contributed by atoms with Crippen LogP contribution in [0.5, 0.6) is 5.75 Å². The van der Waals surface area contributed by atoms with E-state index in [-0.39, 0.29) is 13.2 Å². The first-order valence-corrected chi connectivity index (χ1v) is 7.96. The van der Waals surface area contributed by atoms with Crippen LogP contribution < -0.4 is 10.4 Å². The van der Waals surface area contributed by atoms with Gasteiger partial charge in [-0.3, -0.25) is 0 Å². The second-order valence-electron chi connectivity index (χ2n) is 5.49. The van der Waals surface area contributed by atoms with Gasteiger partial charge in [-0.15, -0.1) is 0 Å². The molecule has 3 rings (SSSR count). The summed E-state index contributed by atoms with van der Waals surface area (Å²) in [7, 11) is 0. The molecule has 5 nitrogen and oxygen atoms in total. The summed E-state index contributed by atoms with van der Waals surface area (Å²) < 4.78 is 15.7. The smallest absolute Gasteiger partial charge is 0.344 e. The van der Waals surface area contributed by atoms with Crippen molar-refractivity contribution in [3.63, 3.8) is 0 Å². The predicted molar refractivity (Wildman–Crippen MR) is 94.0 cm³/mol. The number of rotatable bonds is 5. The molecule has 0 aliphatic rings. The van der Waals surface area contributed by atoms with Crippen LogP contribution in [-0.4, -0.2) is 12.6 Å². The lowest BCUT2D eigenvalue weighted by Gasteiger charge is -2.09. The molecule has 1 heterocycles. The zero-order valence-corrected chi connectivity index (χ0v) is 14.2. The maximum atomic E-state index is 11.9. The minimum atomic E-state index is -0.538. The van der Waals surface area contributed by atoms with Gasteiger partial charge in [0.25, 0.3) is 0 Å². The Bertz CT molecular complexity index is 960. The van der Waals surface area contributed by atoms with Crippen molar-refractivity contribution in [1.29, 1.82) is 0 Å². The third-order valence-electron chi connectivity index (χ3n) is 3.54. The molecule has 0 N–H and O–H groups in total. The van der Waals surface area contributed by atoms with E-state index in [2.05, 4.69) is 0 Å². The molecule has 0 amide bonds. The number of fused-ring (bicyclic) bond motifs is 1. The lowest BCUT2D eigenvalue weighted by atomic mass is 10.1. The van der Waals surface area contributed by atoms with Gasteiger partial charge in [-0.25, -0.2) is 9.59 Å². The summed E-state index contributed by atoms with van der Waals surface area (Å²) in [6.07, 6.45) is 0. The summed E-state index contributed by atoms with van der Waals surface area (Å²) in [5.41, 5.74) is 1.55. The molecule has 6 heteroatoms. The Morgan fingerprint density at radius 2 is 1.88 bits per heavy atom. The van der Waals surface area contributed by atoms with Crippen molar-refractivity contribution >= 4 is 28.5 Å². The number of ether oxygens (including phenoxy) is 2. The number of carbonyl (C=O) groups is 1. The molecule has 0 spiro atoms. The summed E-state index contributed by atoms with van der Waals surface area (Å²) in [5, 5.41) is 1.32. The van der Waals surface area contributed by atoms with E-state index in [0.717, 1.165) is 10.9 Å². The van der Waals surface area contributed by atoms with Crippen molar-refractivity contribution in [2.24, 2.45) is 0 Å². The fourth-order valence-corrected chi connectivity index (χ4v) is 2.46. The SMILES string of the molecule is Cc1ccc2c(COC(=O)COc3ccc(Cl)cc3)cc(=O)oc2c1. The molecular formula is C19H15ClO5. The van der Waals surface area contributed by atoms with Crippen LogP contribution in [0.1, 0.15) is 11.1 Å². The van der Waals surface area contributed by atoms with Crippen LogP contribution in [0.15, 0.2) is 57.7 Å². The van der Waals surface area contributed by atoms with Gasteiger partial charge in [0.2, 0.25) is 0 Å². The summed E-state index contributed by atoms with van der Waals surface area (Å²) in [4.78, 5) is 23.5. The summed E-state index contributed by atoms with van der Waals surface area (Å²) in [6.45, 7) is 1.63. The minimum Gasteiger partial charge on any atom is -0.482 e. The van der Waals surface area contributed by atoms with E-state index < -0.39 is 11.6 Å². The number of carbonyl (C=O) groups excluding carboxylic acids is 1. The van der Waals surface area contributed by atoms with Gasteiger partial charge in [-0.05, 0) is 42.8 Å². The highest BCUT2D eigenvalue weighted by Crippen LogP contribution is 2.19. The lowest BCUT2D eigenvalue weighted by molar-refractivity contribution is -0.147. The number of benzene rings is 2. The van der Waals surface area contributed by atoms with Crippen molar-refractivity contribution in [2.45, 2.75) is 13.5 Å². The van der Waals surface area contributed by atoms with Crippen molar-refractivity contribution in [1.82, 2.24) is 0 Å². The first-order valence-electron chi connectivity index (χ1n) is 7.58. The Labute approximate surface area is 148 Å². The van der Waals surface area contributed by atoms with E-state index in [1.807, 2.05) is 19.1 Å². The van der Waals surface area contributed by atoms with E-state index in [1.165, 1.54) is 6.07 Å². The van der Waals surface area contributed by atoms with E-state index in [1.54, 1.807) is 30.3 Å². The fraction of sp³-hybridized carbons (Fsp3) is 0.158. The Balaban J connectivity index is 1.65.